The van der Waals surface area contributed by atoms with Crippen molar-refractivity contribution in [3.63, 3.8) is 0 Å². The van der Waals surface area contributed by atoms with E-state index in [9.17, 15) is 13.2 Å². The maximum atomic E-state index is 13.3. The van der Waals surface area contributed by atoms with E-state index in [2.05, 4.69) is 19.2 Å². The van der Waals surface area contributed by atoms with Crippen molar-refractivity contribution in [2.75, 3.05) is 26.3 Å². The molecule has 0 spiro atoms. The van der Waals surface area contributed by atoms with Gasteiger partial charge in [-0.15, -0.1) is 0 Å². The van der Waals surface area contributed by atoms with E-state index in [0.717, 1.165) is 24.2 Å². The third-order valence-corrected chi connectivity index (χ3v) is 8.81. The molecule has 0 unspecified atom stereocenters. The van der Waals surface area contributed by atoms with Crippen LogP contribution in [0.25, 0.3) is 0 Å². The number of morpholine rings is 1. The highest BCUT2D eigenvalue weighted by Crippen LogP contribution is 2.42. The second-order valence-electron chi connectivity index (χ2n) is 8.42. The molecule has 1 amide bonds. The van der Waals surface area contributed by atoms with Gasteiger partial charge in [-0.25, -0.2) is 8.42 Å². The van der Waals surface area contributed by atoms with Crippen molar-refractivity contribution in [1.29, 1.82) is 0 Å². The summed E-state index contributed by atoms with van der Waals surface area (Å²) in [6.07, 6.45) is 2.22. The van der Waals surface area contributed by atoms with Crippen LogP contribution in [0.15, 0.2) is 47.4 Å². The number of ether oxygens (including phenoxy) is 2. The van der Waals surface area contributed by atoms with Gasteiger partial charge in [-0.05, 0) is 37.1 Å². The van der Waals surface area contributed by atoms with Crippen molar-refractivity contribution in [3.8, 4) is 5.75 Å². The van der Waals surface area contributed by atoms with E-state index in [-0.39, 0.29) is 40.2 Å². The number of nitrogens with zero attached hydrogens (tertiary/aromatic N) is 1. The smallest absolute Gasteiger partial charge is 0.253 e. The van der Waals surface area contributed by atoms with Crippen LogP contribution in [0, 0.1) is 0 Å². The molecule has 2 aliphatic rings. The third-order valence-electron chi connectivity index (χ3n) is 6.58. The van der Waals surface area contributed by atoms with Crippen molar-refractivity contribution in [2.24, 2.45) is 0 Å². The predicted molar refractivity (Wildman–Crippen MR) is 126 cm³/mol. The summed E-state index contributed by atoms with van der Waals surface area (Å²) in [5.74, 6) is 0.342. The third kappa shape index (κ3) is 4.75. The summed E-state index contributed by atoms with van der Waals surface area (Å²) >= 11 is 6.34. The highest BCUT2D eigenvalue weighted by atomic mass is 35.5. The lowest BCUT2D eigenvalue weighted by Gasteiger charge is -2.41. The molecule has 1 saturated heterocycles. The Hall–Kier alpha value is -2.13. The minimum Gasteiger partial charge on any atom is -0.487 e. The fourth-order valence-electron chi connectivity index (χ4n) is 4.44. The minimum atomic E-state index is -3.75. The number of carbonyl (C=O) groups is 1. The van der Waals surface area contributed by atoms with Gasteiger partial charge in [-0.3, -0.25) is 4.79 Å². The summed E-state index contributed by atoms with van der Waals surface area (Å²) in [5, 5.41) is 3.28. The number of amides is 1. The summed E-state index contributed by atoms with van der Waals surface area (Å²) in [4.78, 5) is 13.4. The zero-order valence-electron chi connectivity index (χ0n) is 18.8. The van der Waals surface area contributed by atoms with Crippen LogP contribution in [0.2, 0.25) is 5.02 Å². The molecule has 0 aliphatic carbocycles. The molecule has 1 N–H and O–H groups in total. The van der Waals surface area contributed by atoms with E-state index in [4.69, 9.17) is 21.1 Å². The molecule has 0 saturated carbocycles. The summed E-state index contributed by atoms with van der Waals surface area (Å²) in [7, 11) is -3.75. The number of rotatable bonds is 6. The topological polar surface area (TPSA) is 84.9 Å². The highest BCUT2D eigenvalue weighted by Gasteiger charge is 2.39. The maximum absolute atomic E-state index is 13.3. The quantitative estimate of drug-likeness (QED) is 0.654. The molecular weight excluding hydrogens is 464 g/mol. The van der Waals surface area contributed by atoms with Gasteiger partial charge in [0.1, 0.15) is 11.4 Å². The Morgan fingerprint density at radius 1 is 1.15 bits per heavy atom. The van der Waals surface area contributed by atoms with Crippen LogP contribution in [0.5, 0.6) is 5.75 Å². The van der Waals surface area contributed by atoms with Crippen LogP contribution in [-0.2, 0) is 14.8 Å². The van der Waals surface area contributed by atoms with Crippen LogP contribution in [-0.4, -0.2) is 50.5 Å². The van der Waals surface area contributed by atoms with Crippen LogP contribution in [0.4, 0.5) is 0 Å². The number of fused-ring (bicyclic) bond motifs is 1. The summed E-state index contributed by atoms with van der Waals surface area (Å²) in [6, 6.07) is 11.7. The first-order valence-corrected chi connectivity index (χ1v) is 13.1. The van der Waals surface area contributed by atoms with Crippen LogP contribution >= 0.6 is 11.6 Å². The van der Waals surface area contributed by atoms with Gasteiger partial charge in [-0.2, -0.15) is 4.31 Å². The van der Waals surface area contributed by atoms with Crippen molar-refractivity contribution in [3.05, 3.63) is 58.6 Å². The maximum Gasteiger partial charge on any atom is 0.253 e. The predicted octanol–water partition coefficient (Wildman–Crippen LogP) is 4.17. The SMILES string of the molecule is CCC1(CC)C[C@H](NC(=O)c2cc(S(=O)(=O)N3CCOCC3)ccc2Cl)c2ccccc2O1. The Bertz CT molecular complexity index is 1130. The zero-order chi connectivity index (χ0) is 23.6. The fraction of sp³-hybridized carbons (Fsp3) is 0.458. The fourth-order valence-corrected chi connectivity index (χ4v) is 6.08. The molecule has 9 heteroatoms. The molecule has 0 bridgehead atoms. The summed E-state index contributed by atoms with van der Waals surface area (Å²) in [6.45, 7) is 5.41. The molecular formula is C24H29ClN2O5S. The van der Waals surface area contributed by atoms with E-state index >= 15 is 0 Å². The molecule has 7 nitrogen and oxygen atoms in total. The van der Waals surface area contributed by atoms with Crippen LogP contribution in [0.3, 0.4) is 0 Å². The summed E-state index contributed by atoms with van der Waals surface area (Å²) in [5.41, 5.74) is 0.655. The normalized spacial score (nSPS) is 20.5. The molecule has 1 fully saturated rings. The number of nitrogens with one attached hydrogen (secondary N) is 1. The molecule has 0 aromatic heterocycles. The van der Waals surface area contributed by atoms with Crippen LogP contribution < -0.4 is 10.1 Å². The van der Waals surface area contributed by atoms with Crippen molar-refractivity contribution in [2.45, 2.75) is 49.6 Å². The van der Waals surface area contributed by atoms with Gasteiger partial charge in [0, 0.05) is 25.1 Å². The molecule has 2 aromatic carbocycles. The Morgan fingerprint density at radius 3 is 2.55 bits per heavy atom. The Morgan fingerprint density at radius 2 is 1.85 bits per heavy atom. The van der Waals surface area contributed by atoms with Gasteiger partial charge in [0.25, 0.3) is 5.91 Å². The van der Waals surface area contributed by atoms with Gasteiger partial charge in [0.2, 0.25) is 10.0 Å². The number of hydrogen-bond acceptors (Lipinski definition) is 5. The van der Waals surface area contributed by atoms with Gasteiger partial charge in [-0.1, -0.05) is 43.6 Å². The van der Waals surface area contributed by atoms with Crippen LogP contribution in [0.1, 0.15) is 55.1 Å². The number of carbonyl (C=O) groups excluding carboxylic acids is 1. The van der Waals surface area contributed by atoms with Crippen molar-refractivity contribution < 1.29 is 22.7 Å². The van der Waals surface area contributed by atoms with Crippen molar-refractivity contribution >= 4 is 27.5 Å². The molecule has 1 atom stereocenters. The van der Waals surface area contributed by atoms with Gasteiger partial charge in [0.05, 0.1) is 34.7 Å². The number of sulfonamides is 1. The highest BCUT2D eigenvalue weighted by molar-refractivity contribution is 7.89. The number of halogens is 1. The molecule has 2 aliphatic heterocycles. The lowest BCUT2D eigenvalue weighted by Crippen LogP contribution is -2.44. The van der Waals surface area contributed by atoms with Gasteiger partial charge in [0.15, 0.2) is 0 Å². The van der Waals surface area contributed by atoms with Crippen molar-refractivity contribution in [1.82, 2.24) is 9.62 Å². The minimum absolute atomic E-state index is 0.0443. The Kier molecular flexibility index (Phi) is 7.00. The summed E-state index contributed by atoms with van der Waals surface area (Å²) < 4.78 is 39.1. The first-order valence-electron chi connectivity index (χ1n) is 11.3. The molecule has 4 rings (SSSR count). The lowest BCUT2D eigenvalue weighted by atomic mass is 9.83. The van der Waals surface area contributed by atoms with E-state index < -0.39 is 15.9 Å². The Balaban J connectivity index is 1.63. The van der Waals surface area contributed by atoms with E-state index in [1.807, 2.05) is 24.3 Å². The number of hydrogen-bond donors (Lipinski definition) is 1. The largest absolute Gasteiger partial charge is 0.487 e. The zero-order valence-corrected chi connectivity index (χ0v) is 20.4. The van der Waals surface area contributed by atoms with E-state index in [0.29, 0.717) is 19.6 Å². The lowest BCUT2D eigenvalue weighted by molar-refractivity contribution is 0.0227. The molecule has 33 heavy (non-hydrogen) atoms. The molecule has 178 valence electrons. The van der Waals surface area contributed by atoms with Gasteiger partial charge >= 0.3 is 0 Å². The first kappa shape index (κ1) is 24.0. The molecule has 2 heterocycles. The monoisotopic (exact) mass is 492 g/mol. The van der Waals surface area contributed by atoms with Gasteiger partial charge < -0.3 is 14.8 Å². The number of benzene rings is 2. The molecule has 2 aromatic rings. The molecule has 0 radical (unpaired) electrons. The average Bonchev–Trinajstić information content (AvgIpc) is 2.84. The standard InChI is InChI=1S/C24H29ClN2O5S/c1-3-24(4-2)16-21(18-7-5-6-8-22(18)32-24)26-23(28)19-15-17(9-10-20(19)25)33(29,30)27-11-13-31-14-12-27/h5-10,15,21H,3-4,11-14,16H2,1-2H3,(H,26,28)/t21-/m0/s1. The Labute approximate surface area is 200 Å². The second-order valence-corrected chi connectivity index (χ2v) is 10.8. The van der Waals surface area contributed by atoms with E-state index in [1.165, 1.54) is 22.5 Å². The average molecular weight is 493 g/mol. The first-order chi connectivity index (χ1) is 15.8. The number of para-hydroxylation sites is 1. The van der Waals surface area contributed by atoms with E-state index in [1.54, 1.807) is 0 Å². The second kappa shape index (κ2) is 9.62.